The van der Waals surface area contributed by atoms with Crippen LogP contribution in [0.3, 0.4) is 0 Å². The summed E-state index contributed by atoms with van der Waals surface area (Å²) in [7, 11) is 0. The van der Waals surface area contributed by atoms with Crippen LogP contribution in [0.1, 0.15) is 27.7 Å². The van der Waals surface area contributed by atoms with Gasteiger partial charge in [-0.25, -0.2) is 0 Å². The third kappa shape index (κ3) is 3.45. The maximum Gasteiger partial charge on any atom is 0.227 e. The summed E-state index contributed by atoms with van der Waals surface area (Å²) in [6, 6.07) is -0.132. The molecule has 2 atom stereocenters. The topological polar surface area (TPSA) is 66.6 Å². The van der Waals surface area contributed by atoms with Crippen molar-refractivity contribution in [1.82, 2.24) is 9.80 Å². The number of carbonyl (C=O) groups is 2. The quantitative estimate of drug-likeness (QED) is 0.788. The second-order valence-electron chi connectivity index (χ2n) is 5.45. The van der Waals surface area contributed by atoms with Crippen molar-refractivity contribution in [2.45, 2.75) is 33.7 Å². The zero-order valence-electron chi connectivity index (χ0n) is 11.8. The average Bonchev–Trinajstić information content (AvgIpc) is 2.36. The van der Waals surface area contributed by atoms with Gasteiger partial charge in [0.1, 0.15) is 0 Å². The van der Waals surface area contributed by atoms with Gasteiger partial charge in [-0.2, -0.15) is 0 Å². The third-order valence-electron chi connectivity index (χ3n) is 3.58. The number of hydrogen-bond acceptors (Lipinski definition) is 3. The van der Waals surface area contributed by atoms with Gasteiger partial charge in [0, 0.05) is 38.1 Å². The molecule has 2 unspecified atom stereocenters. The molecule has 2 amide bonds. The molecule has 5 nitrogen and oxygen atoms in total. The van der Waals surface area contributed by atoms with Crippen LogP contribution in [0, 0.1) is 11.8 Å². The van der Waals surface area contributed by atoms with Gasteiger partial charge in [-0.1, -0.05) is 20.8 Å². The highest BCUT2D eigenvalue weighted by molar-refractivity contribution is 5.80. The van der Waals surface area contributed by atoms with Gasteiger partial charge in [-0.3, -0.25) is 9.59 Å². The smallest absolute Gasteiger partial charge is 0.227 e. The van der Waals surface area contributed by atoms with Gasteiger partial charge in [0.2, 0.25) is 11.8 Å². The Balaban J connectivity index is 2.49. The van der Waals surface area contributed by atoms with Crippen molar-refractivity contribution < 1.29 is 9.59 Å². The maximum atomic E-state index is 12.1. The first-order valence-electron chi connectivity index (χ1n) is 6.67. The number of piperazine rings is 1. The highest BCUT2D eigenvalue weighted by atomic mass is 16.2. The van der Waals surface area contributed by atoms with Crippen LogP contribution in [0.2, 0.25) is 0 Å². The van der Waals surface area contributed by atoms with Crippen LogP contribution in [0.25, 0.3) is 0 Å². The van der Waals surface area contributed by atoms with Gasteiger partial charge < -0.3 is 15.5 Å². The summed E-state index contributed by atoms with van der Waals surface area (Å²) < 4.78 is 0. The highest BCUT2D eigenvalue weighted by Crippen LogP contribution is 2.11. The molecule has 1 saturated heterocycles. The molecule has 1 heterocycles. The van der Waals surface area contributed by atoms with E-state index in [1.807, 2.05) is 37.5 Å². The zero-order valence-corrected chi connectivity index (χ0v) is 11.8. The Hall–Kier alpha value is -1.10. The summed E-state index contributed by atoms with van der Waals surface area (Å²) in [4.78, 5) is 27.6. The molecule has 0 aromatic rings. The Morgan fingerprint density at radius 1 is 0.889 bits per heavy atom. The van der Waals surface area contributed by atoms with Gasteiger partial charge in [-0.05, 0) is 6.92 Å². The lowest BCUT2D eigenvalue weighted by Crippen LogP contribution is -2.53. The van der Waals surface area contributed by atoms with Crippen LogP contribution < -0.4 is 5.73 Å². The minimum absolute atomic E-state index is 0.0234. The third-order valence-corrected chi connectivity index (χ3v) is 3.58. The molecule has 0 saturated carbocycles. The Labute approximate surface area is 109 Å². The Morgan fingerprint density at radius 3 is 1.61 bits per heavy atom. The summed E-state index contributed by atoms with van der Waals surface area (Å²) in [5.41, 5.74) is 5.75. The molecule has 104 valence electrons. The Morgan fingerprint density at radius 2 is 1.28 bits per heavy atom. The predicted molar refractivity (Wildman–Crippen MR) is 70.8 cm³/mol. The fourth-order valence-corrected chi connectivity index (χ4v) is 2.03. The van der Waals surface area contributed by atoms with E-state index in [1.54, 1.807) is 0 Å². The molecule has 0 bridgehead atoms. The molecule has 0 aromatic carbocycles. The lowest BCUT2D eigenvalue weighted by molar-refractivity contribution is -0.143. The predicted octanol–water partition coefficient (Wildman–Crippen LogP) is 0.297. The van der Waals surface area contributed by atoms with Crippen LogP contribution in [0.15, 0.2) is 0 Å². The molecule has 1 fully saturated rings. The van der Waals surface area contributed by atoms with E-state index >= 15 is 0 Å². The van der Waals surface area contributed by atoms with E-state index < -0.39 is 0 Å². The van der Waals surface area contributed by atoms with Crippen LogP contribution in [0.5, 0.6) is 0 Å². The second-order valence-corrected chi connectivity index (χ2v) is 5.45. The lowest BCUT2D eigenvalue weighted by Gasteiger charge is -2.37. The molecule has 1 aliphatic heterocycles. The van der Waals surface area contributed by atoms with E-state index in [0.29, 0.717) is 26.2 Å². The van der Waals surface area contributed by atoms with E-state index in [9.17, 15) is 9.59 Å². The van der Waals surface area contributed by atoms with Crippen molar-refractivity contribution in [2.75, 3.05) is 26.2 Å². The van der Waals surface area contributed by atoms with Crippen LogP contribution in [-0.2, 0) is 9.59 Å². The van der Waals surface area contributed by atoms with Crippen molar-refractivity contribution in [3.8, 4) is 0 Å². The van der Waals surface area contributed by atoms with Crippen LogP contribution >= 0.6 is 0 Å². The number of carbonyl (C=O) groups excluding carboxylic acids is 2. The standard InChI is InChI=1S/C13H25N3O2/c1-9(2)12(17)15-5-7-16(8-6-15)13(18)10(3)11(4)14/h9-11H,5-8,14H2,1-4H3. The number of amides is 2. The molecule has 0 aromatic heterocycles. The SMILES string of the molecule is CC(C)C(=O)N1CCN(C(=O)C(C)C(C)N)CC1. The maximum absolute atomic E-state index is 12.1. The van der Waals surface area contributed by atoms with Gasteiger partial charge in [0.15, 0.2) is 0 Å². The second kappa shape index (κ2) is 6.18. The van der Waals surface area contributed by atoms with E-state index in [0.717, 1.165) is 0 Å². The molecular weight excluding hydrogens is 230 g/mol. The largest absolute Gasteiger partial charge is 0.339 e. The van der Waals surface area contributed by atoms with Crippen LogP contribution in [0.4, 0.5) is 0 Å². The number of nitrogens with zero attached hydrogens (tertiary/aromatic N) is 2. The summed E-state index contributed by atoms with van der Waals surface area (Å²) in [6.45, 7) is 10.0. The molecule has 2 N–H and O–H groups in total. The van der Waals surface area contributed by atoms with Crippen molar-refractivity contribution in [1.29, 1.82) is 0 Å². The summed E-state index contributed by atoms with van der Waals surface area (Å²) in [6.07, 6.45) is 0. The van der Waals surface area contributed by atoms with Crippen molar-refractivity contribution in [2.24, 2.45) is 17.6 Å². The lowest BCUT2D eigenvalue weighted by atomic mass is 10.0. The monoisotopic (exact) mass is 255 g/mol. The van der Waals surface area contributed by atoms with E-state index in [-0.39, 0.29) is 29.7 Å². The molecule has 0 radical (unpaired) electrons. The normalized spacial score (nSPS) is 19.9. The molecule has 0 aliphatic carbocycles. The first-order chi connectivity index (χ1) is 8.34. The Bertz CT molecular complexity index is 307. The highest BCUT2D eigenvalue weighted by Gasteiger charge is 2.28. The van der Waals surface area contributed by atoms with Gasteiger partial charge in [-0.15, -0.1) is 0 Å². The fraction of sp³-hybridized carbons (Fsp3) is 0.846. The van der Waals surface area contributed by atoms with E-state index in [2.05, 4.69) is 0 Å². The summed E-state index contributed by atoms with van der Waals surface area (Å²) >= 11 is 0. The Kier molecular flexibility index (Phi) is 5.14. The van der Waals surface area contributed by atoms with Crippen LogP contribution in [-0.4, -0.2) is 53.8 Å². The number of rotatable bonds is 3. The molecule has 1 aliphatic rings. The van der Waals surface area contributed by atoms with Crippen molar-refractivity contribution >= 4 is 11.8 Å². The first-order valence-corrected chi connectivity index (χ1v) is 6.67. The molecular formula is C13H25N3O2. The fourth-order valence-electron chi connectivity index (χ4n) is 2.03. The molecule has 18 heavy (non-hydrogen) atoms. The van der Waals surface area contributed by atoms with E-state index in [1.165, 1.54) is 0 Å². The van der Waals surface area contributed by atoms with Gasteiger partial charge in [0.25, 0.3) is 0 Å². The minimum atomic E-state index is -0.155. The van der Waals surface area contributed by atoms with Gasteiger partial charge >= 0.3 is 0 Å². The van der Waals surface area contributed by atoms with Gasteiger partial charge in [0.05, 0.1) is 5.92 Å². The zero-order chi connectivity index (χ0) is 13.9. The van der Waals surface area contributed by atoms with E-state index in [4.69, 9.17) is 5.73 Å². The van der Waals surface area contributed by atoms with Crippen molar-refractivity contribution in [3.63, 3.8) is 0 Å². The molecule has 0 spiro atoms. The number of nitrogens with two attached hydrogens (primary N) is 1. The summed E-state index contributed by atoms with van der Waals surface area (Å²) in [5, 5.41) is 0. The minimum Gasteiger partial charge on any atom is -0.339 e. The average molecular weight is 255 g/mol. The molecule has 5 heteroatoms. The molecule has 1 rings (SSSR count). The first kappa shape index (κ1) is 15.0. The summed E-state index contributed by atoms with van der Waals surface area (Å²) in [5.74, 6) is 0.136. The van der Waals surface area contributed by atoms with Crippen molar-refractivity contribution in [3.05, 3.63) is 0 Å². The number of hydrogen-bond donors (Lipinski definition) is 1.